The summed E-state index contributed by atoms with van der Waals surface area (Å²) in [5, 5.41) is 0.439. The third-order valence-corrected chi connectivity index (χ3v) is 7.75. The van der Waals surface area contributed by atoms with Crippen LogP contribution >= 0.6 is 23.2 Å². The molecule has 2 aliphatic rings. The van der Waals surface area contributed by atoms with Crippen LogP contribution in [0.4, 0.5) is 17.6 Å². The van der Waals surface area contributed by atoms with E-state index in [9.17, 15) is 22.4 Å². The van der Waals surface area contributed by atoms with Crippen LogP contribution in [-0.4, -0.2) is 37.9 Å². The molecule has 2 aliphatic carbocycles. The van der Waals surface area contributed by atoms with Crippen LogP contribution in [0.5, 0.6) is 23.0 Å². The van der Waals surface area contributed by atoms with E-state index in [1.165, 1.54) is 49.8 Å². The fourth-order valence-electron chi connectivity index (χ4n) is 4.70. The molecule has 0 radical (unpaired) electrons. The van der Waals surface area contributed by atoms with E-state index in [0.717, 1.165) is 25.7 Å². The van der Waals surface area contributed by atoms with Crippen molar-refractivity contribution >= 4 is 29.2 Å². The first-order valence-electron chi connectivity index (χ1n) is 13.5. The lowest BCUT2D eigenvalue weighted by Gasteiger charge is -2.24. The van der Waals surface area contributed by atoms with Crippen LogP contribution in [0.1, 0.15) is 64.8 Å². The maximum absolute atomic E-state index is 13.6. The Kier molecular flexibility index (Phi) is 9.71. The number of ether oxygens (including phenoxy) is 5. The van der Waals surface area contributed by atoms with Crippen LogP contribution < -0.4 is 18.9 Å². The van der Waals surface area contributed by atoms with Gasteiger partial charge in [-0.3, -0.25) is 4.98 Å². The Morgan fingerprint density at radius 1 is 0.930 bits per heavy atom. The summed E-state index contributed by atoms with van der Waals surface area (Å²) in [7, 11) is 1.38. The molecule has 1 atom stereocenters. The monoisotopic (exact) mass is 643 g/mol. The molecule has 0 saturated heterocycles. The number of esters is 1. The van der Waals surface area contributed by atoms with Crippen molar-refractivity contribution in [3.8, 4) is 23.0 Å². The zero-order valence-electron chi connectivity index (χ0n) is 22.8. The molecular weight excluding hydrogens is 617 g/mol. The number of alkyl halides is 4. The highest BCUT2D eigenvalue weighted by molar-refractivity contribution is 6.35. The van der Waals surface area contributed by atoms with Gasteiger partial charge >= 0.3 is 19.2 Å². The Morgan fingerprint density at radius 3 is 2.19 bits per heavy atom. The maximum Gasteiger partial charge on any atom is 0.387 e. The lowest BCUT2D eigenvalue weighted by molar-refractivity contribution is -0.0518. The molecule has 3 aromatic rings. The summed E-state index contributed by atoms with van der Waals surface area (Å²) < 4.78 is 79.2. The van der Waals surface area contributed by atoms with Crippen molar-refractivity contribution in [3.63, 3.8) is 0 Å². The smallest absolute Gasteiger partial charge is 0.387 e. The van der Waals surface area contributed by atoms with E-state index in [1.807, 2.05) is 0 Å². The van der Waals surface area contributed by atoms with Crippen LogP contribution in [0.2, 0.25) is 10.0 Å². The lowest BCUT2D eigenvalue weighted by Crippen LogP contribution is -2.17. The van der Waals surface area contributed by atoms with Gasteiger partial charge in [0, 0.05) is 29.9 Å². The van der Waals surface area contributed by atoms with Crippen LogP contribution in [-0.2, 0) is 11.2 Å². The minimum atomic E-state index is -3.09. The Hall–Kier alpha value is -3.44. The third kappa shape index (κ3) is 7.75. The van der Waals surface area contributed by atoms with Crippen molar-refractivity contribution in [3.05, 3.63) is 75.0 Å². The molecule has 5 rings (SSSR count). The average molecular weight is 644 g/mol. The van der Waals surface area contributed by atoms with E-state index in [1.54, 1.807) is 0 Å². The number of pyridine rings is 1. The zero-order chi connectivity index (χ0) is 30.7. The maximum atomic E-state index is 13.6. The van der Waals surface area contributed by atoms with Gasteiger partial charge in [0.2, 0.25) is 0 Å². The van der Waals surface area contributed by atoms with Crippen LogP contribution in [0.3, 0.4) is 0 Å². The summed E-state index contributed by atoms with van der Waals surface area (Å²) >= 11 is 12.8. The van der Waals surface area contributed by atoms with Crippen molar-refractivity contribution in [2.75, 3.05) is 13.7 Å². The van der Waals surface area contributed by atoms with Gasteiger partial charge in [0.15, 0.2) is 11.5 Å². The van der Waals surface area contributed by atoms with Gasteiger partial charge in [-0.2, -0.15) is 17.6 Å². The molecule has 7 nitrogen and oxygen atoms in total. The minimum Gasteiger partial charge on any atom is -0.496 e. The predicted molar refractivity (Wildman–Crippen MR) is 149 cm³/mol. The first kappa shape index (κ1) is 31.0. The van der Waals surface area contributed by atoms with Gasteiger partial charge in [0.05, 0.1) is 29.3 Å². The second-order valence-electron chi connectivity index (χ2n) is 10.2. The Bertz CT molecular complexity index is 1450. The molecule has 2 saturated carbocycles. The number of halogens is 6. The Labute approximate surface area is 254 Å². The van der Waals surface area contributed by atoms with Gasteiger partial charge in [0.1, 0.15) is 17.6 Å². The number of methoxy groups -OCH3 is 1. The van der Waals surface area contributed by atoms with Gasteiger partial charge in [-0.25, -0.2) is 4.79 Å². The molecule has 13 heteroatoms. The van der Waals surface area contributed by atoms with Crippen LogP contribution in [0.25, 0.3) is 0 Å². The molecule has 0 bridgehead atoms. The second kappa shape index (κ2) is 13.5. The number of carbonyl (C=O) groups excluding carboxylic acids is 1. The van der Waals surface area contributed by atoms with E-state index in [2.05, 4.69) is 9.72 Å². The van der Waals surface area contributed by atoms with E-state index in [-0.39, 0.29) is 57.6 Å². The molecule has 0 spiro atoms. The summed E-state index contributed by atoms with van der Waals surface area (Å²) in [6, 6.07) is 6.62. The van der Waals surface area contributed by atoms with E-state index < -0.39 is 25.3 Å². The molecule has 1 unspecified atom stereocenters. The highest BCUT2D eigenvalue weighted by Crippen LogP contribution is 2.52. The topological polar surface area (TPSA) is 76.1 Å². The fraction of sp³-hybridized carbons (Fsp3) is 0.400. The normalized spacial score (nSPS) is 15.4. The van der Waals surface area contributed by atoms with Gasteiger partial charge < -0.3 is 23.7 Å². The van der Waals surface area contributed by atoms with Gasteiger partial charge in [-0.05, 0) is 73.4 Å². The summed E-state index contributed by atoms with van der Waals surface area (Å²) in [4.78, 5) is 17.5. The molecule has 43 heavy (non-hydrogen) atoms. The van der Waals surface area contributed by atoms with Gasteiger partial charge in [-0.15, -0.1) is 0 Å². The lowest BCUT2D eigenvalue weighted by atomic mass is 9.96. The van der Waals surface area contributed by atoms with Crippen molar-refractivity contribution < 1.29 is 46.0 Å². The number of hydrogen-bond donors (Lipinski definition) is 0. The number of benzene rings is 2. The first-order valence-corrected chi connectivity index (χ1v) is 14.3. The fourth-order valence-corrected chi connectivity index (χ4v) is 5.22. The Balaban J connectivity index is 1.52. The molecular formula is C30H27Cl2F4NO6. The summed E-state index contributed by atoms with van der Waals surface area (Å²) in [6.07, 6.45) is 5.06. The highest BCUT2D eigenvalue weighted by Gasteiger charge is 2.35. The van der Waals surface area contributed by atoms with Crippen LogP contribution in [0, 0.1) is 5.92 Å². The second-order valence-corrected chi connectivity index (χ2v) is 11.0. The standard InChI is InChI=1S/C30H27Cl2F4NO6/c1-39-27-18(7-9-23(43-30(35)36)26(27)16-4-5-16)24(11-19-20(31)12-37-13-21(19)32)41-28(38)17-6-8-22(42-29(33)34)25(10-17)40-14-15-2-3-15/h6-10,12-13,15-16,24,29-30H,2-5,11,14H2,1H3. The third-order valence-electron chi connectivity index (χ3n) is 7.10. The number of aromatic nitrogens is 1. The van der Waals surface area contributed by atoms with Gasteiger partial charge in [0.25, 0.3) is 0 Å². The van der Waals surface area contributed by atoms with Crippen molar-refractivity contribution in [2.24, 2.45) is 5.92 Å². The van der Waals surface area contributed by atoms with E-state index in [4.69, 9.17) is 42.1 Å². The molecule has 2 fully saturated rings. The molecule has 2 aromatic carbocycles. The molecule has 1 aromatic heterocycles. The SMILES string of the molecule is COc1c(C(Cc2c(Cl)cncc2Cl)OC(=O)c2ccc(OC(F)F)c(OCC3CC3)c2)ccc(OC(F)F)c1C1CC1. The van der Waals surface area contributed by atoms with E-state index >= 15 is 0 Å². The number of rotatable bonds is 14. The molecule has 0 amide bonds. The summed E-state index contributed by atoms with van der Waals surface area (Å²) in [5.41, 5.74) is 1.24. The highest BCUT2D eigenvalue weighted by atomic mass is 35.5. The summed E-state index contributed by atoms with van der Waals surface area (Å²) in [5.74, 6) is -0.649. The largest absolute Gasteiger partial charge is 0.496 e. The van der Waals surface area contributed by atoms with Crippen molar-refractivity contribution in [2.45, 2.75) is 57.3 Å². The van der Waals surface area contributed by atoms with Crippen LogP contribution in [0.15, 0.2) is 42.7 Å². The predicted octanol–water partition coefficient (Wildman–Crippen LogP) is 8.41. The molecule has 230 valence electrons. The average Bonchev–Trinajstić information content (AvgIpc) is 3.88. The molecule has 0 aliphatic heterocycles. The quantitative estimate of drug-likeness (QED) is 0.129. The minimum absolute atomic E-state index is 0.00312. The van der Waals surface area contributed by atoms with Crippen molar-refractivity contribution in [1.29, 1.82) is 0 Å². The number of nitrogens with zero attached hydrogens (tertiary/aromatic N) is 1. The number of hydrogen-bond acceptors (Lipinski definition) is 7. The first-order chi connectivity index (χ1) is 20.6. The number of carbonyl (C=O) groups is 1. The molecule has 0 N–H and O–H groups in total. The molecule has 1 heterocycles. The zero-order valence-corrected chi connectivity index (χ0v) is 24.3. The van der Waals surface area contributed by atoms with Crippen molar-refractivity contribution in [1.82, 2.24) is 4.98 Å². The summed E-state index contributed by atoms with van der Waals surface area (Å²) in [6.45, 7) is -5.86. The Morgan fingerprint density at radius 2 is 1.58 bits per heavy atom. The van der Waals surface area contributed by atoms with Gasteiger partial charge in [-0.1, -0.05) is 23.2 Å². The van der Waals surface area contributed by atoms with E-state index in [0.29, 0.717) is 22.6 Å².